The van der Waals surface area contributed by atoms with Crippen molar-refractivity contribution in [3.8, 4) is 11.4 Å². The van der Waals surface area contributed by atoms with Gasteiger partial charge in [0, 0.05) is 36.6 Å². The highest BCUT2D eigenvalue weighted by molar-refractivity contribution is 5.94. The van der Waals surface area contributed by atoms with Crippen LogP contribution in [0, 0.1) is 0 Å². The molecule has 0 fully saturated rings. The summed E-state index contributed by atoms with van der Waals surface area (Å²) >= 11 is 0. The van der Waals surface area contributed by atoms with Gasteiger partial charge in [0.2, 0.25) is 0 Å². The lowest BCUT2D eigenvalue weighted by atomic mass is 10.1. The third-order valence-electron chi connectivity index (χ3n) is 5.31. The van der Waals surface area contributed by atoms with Crippen LogP contribution in [0.15, 0.2) is 42.7 Å². The molecule has 1 aliphatic heterocycles. The first-order valence-corrected chi connectivity index (χ1v) is 9.03. The highest BCUT2D eigenvalue weighted by Gasteiger charge is 2.26. The quantitative estimate of drug-likeness (QED) is 0.716. The molecule has 3 heterocycles. The van der Waals surface area contributed by atoms with E-state index in [0.29, 0.717) is 19.6 Å². The summed E-state index contributed by atoms with van der Waals surface area (Å²) in [7, 11) is 0. The Morgan fingerprint density at radius 2 is 1.96 bits per heavy atom. The van der Waals surface area contributed by atoms with Crippen LogP contribution in [0.1, 0.15) is 33.7 Å². The standard InChI is InChI=1S/C20H19N5O/c26-20(16-7-6-14-3-1-4-15(14)11-16)24-9-10-25-18(13-24)22-23-19(25)17-5-2-8-21-12-17/h2,5-8,11-12H,1,3-4,9-10,13H2. The molecule has 2 aliphatic rings. The molecule has 1 aromatic carbocycles. The minimum atomic E-state index is 0.0804. The number of hydrogen-bond acceptors (Lipinski definition) is 4. The molecule has 0 unspecified atom stereocenters. The van der Waals surface area contributed by atoms with Crippen LogP contribution in [-0.2, 0) is 25.9 Å². The summed E-state index contributed by atoms with van der Waals surface area (Å²) < 4.78 is 2.09. The fraction of sp³-hybridized carbons (Fsp3) is 0.300. The molecule has 130 valence electrons. The van der Waals surface area contributed by atoms with Gasteiger partial charge in [0.25, 0.3) is 5.91 Å². The number of rotatable bonds is 2. The van der Waals surface area contributed by atoms with E-state index >= 15 is 0 Å². The van der Waals surface area contributed by atoms with Crippen LogP contribution in [0.4, 0.5) is 0 Å². The maximum atomic E-state index is 12.9. The van der Waals surface area contributed by atoms with Crippen LogP contribution in [0.3, 0.4) is 0 Å². The highest BCUT2D eigenvalue weighted by atomic mass is 16.2. The van der Waals surface area contributed by atoms with Crippen LogP contribution in [0.5, 0.6) is 0 Å². The molecule has 6 heteroatoms. The summed E-state index contributed by atoms with van der Waals surface area (Å²) in [5.74, 6) is 1.72. The molecule has 3 aromatic rings. The van der Waals surface area contributed by atoms with Crippen molar-refractivity contribution in [2.24, 2.45) is 0 Å². The van der Waals surface area contributed by atoms with E-state index in [1.165, 1.54) is 17.5 Å². The van der Waals surface area contributed by atoms with Crippen LogP contribution in [0.2, 0.25) is 0 Å². The molecule has 0 spiro atoms. The highest BCUT2D eigenvalue weighted by Crippen LogP contribution is 2.25. The van der Waals surface area contributed by atoms with Gasteiger partial charge in [-0.3, -0.25) is 9.78 Å². The number of pyridine rings is 1. The van der Waals surface area contributed by atoms with E-state index in [4.69, 9.17) is 0 Å². The molecule has 0 atom stereocenters. The third-order valence-corrected chi connectivity index (χ3v) is 5.31. The molecule has 1 amide bonds. The average Bonchev–Trinajstić information content (AvgIpc) is 3.33. The molecule has 0 N–H and O–H groups in total. The maximum absolute atomic E-state index is 12.9. The van der Waals surface area contributed by atoms with Gasteiger partial charge in [0.05, 0.1) is 6.54 Å². The van der Waals surface area contributed by atoms with E-state index < -0.39 is 0 Å². The zero-order chi connectivity index (χ0) is 17.5. The number of amides is 1. The topological polar surface area (TPSA) is 63.9 Å². The maximum Gasteiger partial charge on any atom is 0.254 e. The lowest BCUT2D eigenvalue weighted by Crippen LogP contribution is -2.38. The SMILES string of the molecule is O=C(c1ccc2c(c1)CCC2)N1CCn2c(nnc2-c2cccnc2)C1. The van der Waals surface area contributed by atoms with Crippen molar-refractivity contribution in [2.75, 3.05) is 6.54 Å². The summed E-state index contributed by atoms with van der Waals surface area (Å²) in [5, 5.41) is 8.63. The van der Waals surface area contributed by atoms with E-state index in [1.54, 1.807) is 12.4 Å². The van der Waals surface area contributed by atoms with Gasteiger partial charge < -0.3 is 9.47 Å². The molecule has 0 radical (unpaired) electrons. The Kier molecular flexibility index (Phi) is 3.55. The lowest BCUT2D eigenvalue weighted by molar-refractivity contribution is 0.0708. The van der Waals surface area contributed by atoms with Crippen LogP contribution < -0.4 is 0 Å². The molecule has 26 heavy (non-hydrogen) atoms. The summed E-state index contributed by atoms with van der Waals surface area (Å²) in [6.07, 6.45) is 6.94. The van der Waals surface area contributed by atoms with Gasteiger partial charge in [-0.15, -0.1) is 10.2 Å². The summed E-state index contributed by atoms with van der Waals surface area (Å²) in [6.45, 7) is 1.85. The van der Waals surface area contributed by atoms with E-state index in [2.05, 4.69) is 31.9 Å². The van der Waals surface area contributed by atoms with Crippen molar-refractivity contribution in [1.29, 1.82) is 0 Å². The van der Waals surface area contributed by atoms with Gasteiger partial charge in [-0.2, -0.15) is 0 Å². The summed E-state index contributed by atoms with van der Waals surface area (Å²) in [5.41, 5.74) is 4.45. The van der Waals surface area contributed by atoms with Gasteiger partial charge in [-0.1, -0.05) is 6.07 Å². The summed E-state index contributed by atoms with van der Waals surface area (Å²) in [4.78, 5) is 19.0. The number of carbonyl (C=O) groups excluding carboxylic acids is 1. The van der Waals surface area contributed by atoms with Crippen molar-refractivity contribution in [2.45, 2.75) is 32.4 Å². The fourth-order valence-electron chi connectivity index (χ4n) is 3.93. The molecule has 2 aromatic heterocycles. The first-order chi connectivity index (χ1) is 12.8. The first-order valence-electron chi connectivity index (χ1n) is 9.03. The Bertz CT molecular complexity index is 979. The van der Waals surface area contributed by atoms with E-state index in [1.807, 2.05) is 23.1 Å². The zero-order valence-electron chi connectivity index (χ0n) is 14.4. The van der Waals surface area contributed by atoms with Crippen LogP contribution in [0.25, 0.3) is 11.4 Å². The van der Waals surface area contributed by atoms with Crippen LogP contribution in [-0.4, -0.2) is 37.1 Å². The smallest absolute Gasteiger partial charge is 0.254 e. The Morgan fingerprint density at radius 1 is 1.04 bits per heavy atom. The summed E-state index contributed by atoms with van der Waals surface area (Å²) in [6, 6.07) is 10.0. The fourth-order valence-corrected chi connectivity index (χ4v) is 3.93. The Hall–Kier alpha value is -3.02. The predicted molar refractivity (Wildman–Crippen MR) is 96.5 cm³/mol. The predicted octanol–water partition coefficient (Wildman–Crippen LogP) is 2.48. The third kappa shape index (κ3) is 2.49. The van der Waals surface area contributed by atoms with Crippen molar-refractivity contribution in [3.63, 3.8) is 0 Å². The average molecular weight is 345 g/mol. The van der Waals surface area contributed by atoms with Crippen molar-refractivity contribution in [3.05, 3.63) is 65.2 Å². The van der Waals surface area contributed by atoms with E-state index in [0.717, 1.165) is 35.6 Å². The van der Waals surface area contributed by atoms with Crippen molar-refractivity contribution >= 4 is 5.91 Å². The van der Waals surface area contributed by atoms with E-state index in [-0.39, 0.29) is 5.91 Å². The van der Waals surface area contributed by atoms with Gasteiger partial charge in [0.1, 0.15) is 0 Å². The number of aryl methyl sites for hydroxylation is 2. The minimum absolute atomic E-state index is 0.0804. The lowest BCUT2D eigenvalue weighted by Gasteiger charge is -2.28. The number of aromatic nitrogens is 4. The number of benzene rings is 1. The second-order valence-electron chi connectivity index (χ2n) is 6.90. The second-order valence-corrected chi connectivity index (χ2v) is 6.90. The van der Waals surface area contributed by atoms with Crippen molar-refractivity contribution < 1.29 is 4.79 Å². The van der Waals surface area contributed by atoms with Crippen LogP contribution >= 0.6 is 0 Å². The molecule has 1 aliphatic carbocycles. The Morgan fingerprint density at radius 3 is 2.85 bits per heavy atom. The normalized spacial score (nSPS) is 15.6. The Balaban J connectivity index is 1.39. The van der Waals surface area contributed by atoms with E-state index in [9.17, 15) is 4.79 Å². The zero-order valence-corrected chi connectivity index (χ0v) is 14.4. The molecular formula is C20H19N5O. The number of fused-ring (bicyclic) bond motifs is 2. The van der Waals surface area contributed by atoms with Gasteiger partial charge in [-0.05, 0) is 54.7 Å². The number of carbonyl (C=O) groups is 1. The molecule has 0 bridgehead atoms. The van der Waals surface area contributed by atoms with Gasteiger partial charge >= 0.3 is 0 Å². The first kappa shape index (κ1) is 15.3. The number of hydrogen-bond donors (Lipinski definition) is 0. The largest absolute Gasteiger partial charge is 0.329 e. The molecule has 0 saturated carbocycles. The molecular weight excluding hydrogens is 326 g/mol. The number of nitrogens with zero attached hydrogens (tertiary/aromatic N) is 5. The Labute approximate surface area is 151 Å². The molecule has 0 saturated heterocycles. The second kappa shape index (κ2) is 6.05. The molecule has 5 rings (SSSR count). The van der Waals surface area contributed by atoms with Gasteiger partial charge in [0.15, 0.2) is 11.6 Å². The monoisotopic (exact) mass is 345 g/mol. The minimum Gasteiger partial charge on any atom is -0.329 e. The molecule has 6 nitrogen and oxygen atoms in total. The van der Waals surface area contributed by atoms with Crippen molar-refractivity contribution in [1.82, 2.24) is 24.6 Å². The van der Waals surface area contributed by atoms with Gasteiger partial charge in [-0.25, -0.2) is 0 Å².